The lowest BCUT2D eigenvalue weighted by molar-refractivity contribution is -0.189. The van der Waals surface area contributed by atoms with Crippen molar-refractivity contribution in [2.45, 2.75) is 51.0 Å². The van der Waals surface area contributed by atoms with Crippen LogP contribution in [0.25, 0.3) is 11.0 Å². The number of imidazole rings is 2. The molecule has 3 heterocycles. The maximum atomic E-state index is 14.8. The Bertz CT molecular complexity index is 1250. The van der Waals surface area contributed by atoms with Crippen LogP contribution in [-0.2, 0) is 20.5 Å². The number of benzene rings is 1. The number of nitrogens with one attached hydrogen (secondary N) is 1. The van der Waals surface area contributed by atoms with Crippen molar-refractivity contribution in [1.29, 1.82) is 0 Å². The van der Waals surface area contributed by atoms with Crippen LogP contribution in [0.2, 0.25) is 0 Å². The summed E-state index contributed by atoms with van der Waals surface area (Å²) in [7, 11) is 0. The number of H-pyrrole nitrogens is 1. The number of halogens is 1. The van der Waals surface area contributed by atoms with Crippen LogP contribution in [0.4, 0.5) is 4.39 Å². The third kappa shape index (κ3) is 3.38. The second kappa shape index (κ2) is 8.09. The van der Waals surface area contributed by atoms with E-state index in [1.54, 1.807) is 41.7 Å². The highest BCUT2D eigenvalue weighted by molar-refractivity contribution is 5.88. The molecule has 1 fully saturated rings. The quantitative estimate of drug-likeness (QED) is 0.365. The van der Waals surface area contributed by atoms with Gasteiger partial charge in [-0.05, 0) is 38.2 Å². The van der Waals surface area contributed by atoms with Crippen molar-refractivity contribution in [2.75, 3.05) is 13.2 Å². The Morgan fingerprint density at radius 3 is 2.64 bits per heavy atom. The summed E-state index contributed by atoms with van der Waals surface area (Å²) in [5.74, 6) is -0.0241. The molecule has 1 aliphatic carbocycles. The van der Waals surface area contributed by atoms with Crippen molar-refractivity contribution in [1.82, 2.24) is 19.5 Å². The van der Waals surface area contributed by atoms with Gasteiger partial charge in [-0.2, -0.15) is 0 Å². The first-order valence-corrected chi connectivity index (χ1v) is 11.1. The number of fused-ring (bicyclic) bond motifs is 1. The predicted molar refractivity (Wildman–Crippen MR) is 118 cm³/mol. The number of ether oxygens (including phenoxy) is 2. The molecular formula is C24H27FN4O4. The van der Waals surface area contributed by atoms with Gasteiger partial charge in [0, 0.05) is 54.5 Å². The second-order valence-electron chi connectivity index (χ2n) is 8.53. The molecule has 1 unspecified atom stereocenters. The number of furan rings is 1. The molecule has 2 N–H and O–H groups in total. The molecule has 1 saturated carbocycles. The van der Waals surface area contributed by atoms with Crippen LogP contribution < -0.4 is 0 Å². The minimum absolute atomic E-state index is 0.102. The van der Waals surface area contributed by atoms with E-state index in [9.17, 15) is 9.50 Å². The summed E-state index contributed by atoms with van der Waals surface area (Å²) in [6.45, 7) is 6.62. The molecule has 0 spiro atoms. The Balaban J connectivity index is 1.79. The Morgan fingerprint density at radius 2 is 2.00 bits per heavy atom. The number of rotatable bonds is 9. The lowest BCUT2D eigenvalue weighted by atomic mass is 9.85. The SMILES string of the molecule is CCOC(OCC)n1ccnc1C(O)(c1ncc[nH]1)c1ccc(F)c2occ(C3(C)CC3)c12. The highest BCUT2D eigenvalue weighted by Crippen LogP contribution is 2.53. The summed E-state index contributed by atoms with van der Waals surface area (Å²) in [6.07, 6.45) is 9.13. The van der Waals surface area contributed by atoms with Crippen molar-refractivity contribution in [2.24, 2.45) is 0 Å². The van der Waals surface area contributed by atoms with Crippen LogP contribution in [0.1, 0.15) is 62.8 Å². The summed E-state index contributed by atoms with van der Waals surface area (Å²) in [4.78, 5) is 11.9. The van der Waals surface area contributed by atoms with Crippen LogP contribution in [0, 0.1) is 5.82 Å². The predicted octanol–water partition coefficient (Wildman–Crippen LogP) is 4.36. The van der Waals surface area contributed by atoms with E-state index in [0.29, 0.717) is 24.2 Å². The Morgan fingerprint density at radius 1 is 1.24 bits per heavy atom. The molecule has 8 nitrogen and oxygen atoms in total. The smallest absolute Gasteiger partial charge is 0.245 e. The first kappa shape index (κ1) is 21.8. The van der Waals surface area contributed by atoms with Gasteiger partial charge in [0.15, 0.2) is 23.0 Å². The minimum Gasteiger partial charge on any atom is -0.461 e. The van der Waals surface area contributed by atoms with Gasteiger partial charge in [0.1, 0.15) is 0 Å². The van der Waals surface area contributed by atoms with Crippen LogP contribution in [0.15, 0.2) is 47.6 Å². The number of aromatic nitrogens is 4. The van der Waals surface area contributed by atoms with Crippen molar-refractivity contribution in [3.8, 4) is 0 Å². The third-order valence-electron chi connectivity index (χ3n) is 6.39. The molecule has 33 heavy (non-hydrogen) atoms. The second-order valence-corrected chi connectivity index (χ2v) is 8.53. The third-order valence-corrected chi connectivity index (χ3v) is 6.39. The number of hydrogen-bond acceptors (Lipinski definition) is 6. The van der Waals surface area contributed by atoms with Crippen molar-refractivity contribution < 1.29 is 23.4 Å². The van der Waals surface area contributed by atoms with Crippen LogP contribution in [0.3, 0.4) is 0 Å². The van der Waals surface area contributed by atoms with Gasteiger partial charge in [0.05, 0.1) is 6.26 Å². The van der Waals surface area contributed by atoms with Gasteiger partial charge in [-0.25, -0.2) is 14.4 Å². The number of aromatic amines is 1. The fraction of sp³-hybridized carbons (Fsp3) is 0.417. The normalized spacial score (nSPS) is 17.0. The Hall–Kier alpha value is -3.01. The van der Waals surface area contributed by atoms with E-state index < -0.39 is 17.8 Å². The summed E-state index contributed by atoms with van der Waals surface area (Å²) in [5, 5.41) is 13.0. The molecule has 1 aliphatic rings. The Kier molecular flexibility index (Phi) is 5.35. The number of nitrogens with zero attached hydrogens (tertiary/aromatic N) is 3. The summed E-state index contributed by atoms with van der Waals surface area (Å²) >= 11 is 0. The largest absolute Gasteiger partial charge is 0.461 e. The fourth-order valence-corrected chi connectivity index (χ4v) is 4.39. The lowest BCUT2D eigenvalue weighted by Crippen LogP contribution is -2.36. The first-order chi connectivity index (χ1) is 15.9. The van der Waals surface area contributed by atoms with Gasteiger partial charge < -0.3 is 24.0 Å². The van der Waals surface area contributed by atoms with E-state index in [-0.39, 0.29) is 22.6 Å². The monoisotopic (exact) mass is 454 g/mol. The molecule has 174 valence electrons. The molecule has 5 rings (SSSR count). The molecule has 4 aromatic rings. The zero-order chi connectivity index (χ0) is 23.2. The first-order valence-electron chi connectivity index (χ1n) is 11.1. The van der Waals surface area contributed by atoms with Crippen molar-refractivity contribution >= 4 is 11.0 Å². The van der Waals surface area contributed by atoms with Gasteiger partial charge in [0.25, 0.3) is 0 Å². The van der Waals surface area contributed by atoms with E-state index in [2.05, 4.69) is 21.9 Å². The number of aliphatic hydroxyl groups is 1. The van der Waals surface area contributed by atoms with Crippen LogP contribution in [0.5, 0.6) is 0 Å². The van der Waals surface area contributed by atoms with Gasteiger partial charge in [-0.1, -0.05) is 13.0 Å². The minimum atomic E-state index is -1.87. The van der Waals surface area contributed by atoms with E-state index in [0.717, 1.165) is 18.4 Å². The number of hydrogen-bond donors (Lipinski definition) is 2. The maximum Gasteiger partial charge on any atom is 0.245 e. The maximum absolute atomic E-state index is 14.8. The molecule has 0 saturated heterocycles. The molecule has 0 amide bonds. The van der Waals surface area contributed by atoms with E-state index >= 15 is 0 Å². The van der Waals surface area contributed by atoms with Gasteiger partial charge in [-0.15, -0.1) is 0 Å². The van der Waals surface area contributed by atoms with Crippen molar-refractivity contribution in [3.05, 3.63) is 71.8 Å². The zero-order valence-corrected chi connectivity index (χ0v) is 18.8. The lowest BCUT2D eigenvalue weighted by Gasteiger charge is -2.30. The van der Waals surface area contributed by atoms with E-state index in [1.807, 2.05) is 13.8 Å². The average Bonchev–Trinajstić information content (AvgIpc) is 3.30. The summed E-state index contributed by atoms with van der Waals surface area (Å²) in [5.41, 5.74) is -0.613. The van der Waals surface area contributed by atoms with Gasteiger partial charge in [-0.3, -0.25) is 4.57 Å². The van der Waals surface area contributed by atoms with Crippen molar-refractivity contribution in [3.63, 3.8) is 0 Å². The molecule has 0 bridgehead atoms. The standard InChI is InChI=1S/C24H27FN4O4/c1-4-31-22(32-5-2)29-13-12-28-21(29)24(30,20-26-10-11-27-20)15-6-7-17(25)19-18(15)16(14-33-19)23(3)8-9-23/h6-7,10-14,22,30H,4-5,8-9H2,1-3H3,(H,26,27). The average molecular weight is 455 g/mol. The molecular weight excluding hydrogens is 427 g/mol. The highest BCUT2D eigenvalue weighted by Gasteiger charge is 2.47. The molecule has 1 atom stereocenters. The molecule has 1 aromatic carbocycles. The van der Waals surface area contributed by atoms with Gasteiger partial charge in [0.2, 0.25) is 12.0 Å². The molecule has 0 aliphatic heterocycles. The zero-order valence-electron chi connectivity index (χ0n) is 18.8. The van der Waals surface area contributed by atoms with E-state index in [4.69, 9.17) is 13.9 Å². The summed E-state index contributed by atoms with van der Waals surface area (Å²) in [6, 6.07) is 2.87. The molecule has 3 aromatic heterocycles. The van der Waals surface area contributed by atoms with Gasteiger partial charge >= 0.3 is 0 Å². The van der Waals surface area contributed by atoms with E-state index in [1.165, 1.54) is 6.07 Å². The Labute approximate surface area is 190 Å². The molecule has 0 radical (unpaired) electrons. The highest BCUT2D eigenvalue weighted by atomic mass is 19.1. The topological polar surface area (TPSA) is 98.3 Å². The summed E-state index contributed by atoms with van der Waals surface area (Å²) < 4.78 is 33.7. The fourth-order valence-electron chi connectivity index (χ4n) is 4.39. The van der Waals surface area contributed by atoms with Crippen LogP contribution in [-0.4, -0.2) is 37.8 Å². The molecule has 9 heteroatoms. The van der Waals surface area contributed by atoms with Crippen LogP contribution >= 0.6 is 0 Å².